The molecule has 2 rings (SSSR count). The van der Waals surface area contributed by atoms with E-state index in [0.717, 1.165) is 12.8 Å². The Hall–Kier alpha value is -1.60. The van der Waals surface area contributed by atoms with Crippen LogP contribution in [-0.2, 0) is 21.2 Å². The average Bonchev–Trinajstić information content (AvgIpc) is 2.58. The number of benzene rings is 2. The number of sulfonamides is 1. The van der Waals surface area contributed by atoms with Crippen molar-refractivity contribution in [3.63, 3.8) is 0 Å². The zero-order valence-electron chi connectivity index (χ0n) is 14.3. The smallest absolute Gasteiger partial charge is 0.240 e. The maximum absolute atomic E-state index is 12.3. The van der Waals surface area contributed by atoms with Crippen molar-refractivity contribution >= 4 is 44.8 Å². The number of hydrogen-bond acceptors (Lipinski definition) is 3. The Morgan fingerprint density at radius 1 is 1.12 bits per heavy atom. The Bertz CT molecular complexity index is 886. The third kappa shape index (κ3) is 5.99. The van der Waals surface area contributed by atoms with Gasteiger partial charge in [-0.15, -0.1) is 0 Å². The van der Waals surface area contributed by atoms with Gasteiger partial charge in [0.1, 0.15) is 0 Å². The molecule has 26 heavy (non-hydrogen) atoms. The van der Waals surface area contributed by atoms with Crippen molar-refractivity contribution in [1.82, 2.24) is 4.72 Å². The van der Waals surface area contributed by atoms with Crippen LogP contribution in [0.2, 0.25) is 10.0 Å². The van der Waals surface area contributed by atoms with Gasteiger partial charge in [-0.2, -0.15) is 0 Å². The zero-order chi connectivity index (χ0) is 19.2. The molecule has 0 bridgehead atoms. The highest BCUT2D eigenvalue weighted by Gasteiger charge is 2.14. The van der Waals surface area contributed by atoms with E-state index in [9.17, 15) is 13.2 Å². The summed E-state index contributed by atoms with van der Waals surface area (Å²) in [6.45, 7) is 2.36. The van der Waals surface area contributed by atoms with Gasteiger partial charge in [0.2, 0.25) is 15.9 Å². The molecule has 0 heterocycles. The van der Waals surface area contributed by atoms with Crippen molar-refractivity contribution in [1.29, 1.82) is 0 Å². The van der Waals surface area contributed by atoms with E-state index >= 15 is 0 Å². The van der Waals surface area contributed by atoms with Crippen LogP contribution in [0.3, 0.4) is 0 Å². The number of hydrogen-bond donors (Lipinski definition) is 2. The van der Waals surface area contributed by atoms with Crippen LogP contribution in [-0.4, -0.2) is 20.9 Å². The van der Waals surface area contributed by atoms with Gasteiger partial charge < -0.3 is 5.32 Å². The molecule has 0 fully saturated rings. The summed E-state index contributed by atoms with van der Waals surface area (Å²) >= 11 is 11.9. The maximum atomic E-state index is 12.3. The maximum Gasteiger partial charge on any atom is 0.240 e. The van der Waals surface area contributed by atoms with Gasteiger partial charge >= 0.3 is 0 Å². The van der Waals surface area contributed by atoms with Crippen molar-refractivity contribution < 1.29 is 13.2 Å². The van der Waals surface area contributed by atoms with E-state index in [1.807, 2.05) is 6.92 Å². The first-order valence-corrected chi connectivity index (χ1v) is 10.4. The molecule has 0 saturated heterocycles. The molecule has 2 aromatic rings. The Balaban J connectivity index is 2.06. The third-order valence-corrected chi connectivity index (χ3v) is 5.66. The summed E-state index contributed by atoms with van der Waals surface area (Å²) in [5.74, 6) is -0.303. The van der Waals surface area contributed by atoms with Gasteiger partial charge in [0.25, 0.3) is 0 Å². The molecule has 2 N–H and O–H groups in total. The van der Waals surface area contributed by atoms with E-state index in [1.54, 1.807) is 30.3 Å². The Morgan fingerprint density at radius 2 is 1.88 bits per heavy atom. The second kappa shape index (κ2) is 9.37. The summed E-state index contributed by atoms with van der Waals surface area (Å²) in [5, 5.41) is 3.59. The lowest BCUT2D eigenvalue weighted by Crippen LogP contribution is -2.25. The summed E-state index contributed by atoms with van der Waals surface area (Å²) in [7, 11) is -3.60. The molecule has 0 spiro atoms. The molecule has 1 amide bonds. The van der Waals surface area contributed by atoms with Crippen LogP contribution >= 0.6 is 23.2 Å². The lowest BCUT2D eigenvalue weighted by Gasteiger charge is -2.10. The first kappa shape index (κ1) is 20.7. The number of carbonyl (C=O) groups excluding carboxylic acids is 1. The lowest BCUT2D eigenvalue weighted by atomic mass is 10.1. The van der Waals surface area contributed by atoms with Gasteiger partial charge in [0.05, 0.1) is 11.3 Å². The molecule has 140 valence electrons. The second-order valence-electron chi connectivity index (χ2n) is 5.74. The molecule has 0 unspecified atom stereocenters. The molecule has 0 aliphatic heterocycles. The fraction of sp³-hybridized carbons (Fsp3) is 0.278. The van der Waals surface area contributed by atoms with Crippen LogP contribution in [0.25, 0.3) is 0 Å². The van der Waals surface area contributed by atoms with Crippen LogP contribution in [0.1, 0.15) is 25.3 Å². The predicted molar refractivity (Wildman–Crippen MR) is 105 cm³/mol. The summed E-state index contributed by atoms with van der Waals surface area (Å²) in [4.78, 5) is 12.3. The standard InChI is InChI=1S/C18H20Cl2N2O3S/c1-2-3-9-21-26(24,25)16-6-4-5-15(12-16)22-18(23)10-13-7-8-14(19)11-17(13)20/h4-8,11-12,21H,2-3,9-10H2,1H3,(H,22,23). The monoisotopic (exact) mass is 414 g/mol. The van der Waals surface area contributed by atoms with Crippen LogP contribution in [0, 0.1) is 0 Å². The minimum Gasteiger partial charge on any atom is -0.326 e. The van der Waals surface area contributed by atoms with Crippen LogP contribution in [0.5, 0.6) is 0 Å². The minimum atomic E-state index is -3.60. The van der Waals surface area contributed by atoms with Gasteiger partial charge in [0.15, 0.2) is 0 Å². The fourth-order valence-corrected chi connectivity index (χ4v) is 3.85. The largest absolute Gasteiger partial charge is 0.326 e. The molecule has 0 radical (unpaired) electrons. The number of carbonyl (C=O) groups is 1. The third-order valence-electron chi connectivity index (χ3n) is 3.62. The molecule has 0 aromatic heterocycles. The molecular weight excluding hydrogens is 395 g/mol. The van der Waals surface area contributed by atoms with Gasteiger partial charge in [-0.05, 0) is 42.3 Å². The first-order chi connectivity index (χ1) is 12.3. The highest BCUT2D eigenvalue weighted by molar-refractivity contribution is 7.89. The number of amides is 1. The molecule has 0 aliphatic rings. The molecule has 8 heteroatoms. The Kier molecular flexibility index (Phi) is 7.46. The SMILES string of the molecule is CCCCNS(=O)(=O)c1cccc(NC(=O)Cc2ccc(Cl)cc2Cl)c1. The number of rotatable bonds is 8. The van der Waals surface area contributed by atoms with E-state index in [0.29, 0.717) is 27.8 Å². The molecule has 0 saturated carbocycles. The van der Waals surface area contributed by atoms with Crippen molar-refractivity contribution in [2.45, 2.75) is 31.1 Å². The van der Waals surface area contributed by atoms with E-state index in [4.69, 9.17) is 23.2 Å². The number of anilines is 1. The van der Waals surface area contributed by atoms with Gasteiger partial charge in [-0.25, -0.2) is 13.1 Å². The molecular formula is C18H20Cl2N2O3S. The lowest BCUT2D eigenvalue weighted by molar-refractivity contribution is -0.115. The number of unbranched alkanes of at least 4 members (excludes halogenated alkanes) is 1. The van der Waals surface area contributed by atoms with Crippen LogP contribution in [0.4, 0.5) is 5.69 Å². The van der Waals surface area contributed by atoms with Crippen molar-refractivity contribution in [2.75, 3.05) is 11.9 Å². The van der Waals surface area contributed by atoms with Crippen molar-refractivity contribution in [3.05, 3.63) is 58.1 Å². The molecule has 0 aliphatic carbocycles. The highest BCUT2D eigenvalue weighted by Crippen LogP contribution is 2.22. The minimum absolute atomic E-state index is 0.0573. The number of halogens is 2. The van der Waals surface area contributed by atoms with Crippen molar-refractivity contribution in [2.24, 2.45) is 0 Å². The Labute approximate surface area is 163 Å². The normalized spacial score (nSPS) is 11.3. The summed E-state index contributed by atoms with van der Waals surface area (Å²) in [6.07, 6.45) is 1.71. The highest BCUT2D eigenvalue weighted by atomic mass is 35.5. The van der Waals surface area contributed by atoms with E-state index in [2.05, 4.69) is 10.0 Å². The van der Waals surface area contributed by atoms with Gasteiger partial charge in [0, 0.05) is 22.3 Å². The van der Waals surface area contributed by atoms with Crippen LogP contribution < -0.4 is 10.0 Å². The Morgan fingerprint density at radius 3 is 2.58 bits per heavy atom. The van der Waals surface area contributed by atoms with E-state index < -0.39 is 10.0 Å². The molecule has 0 atom stereocenters. The second-order valence-corrected chi connectivity index (χ2v) is 8.35. The first-order valence-electron chi connectivity index (χ1n) is 8.15. The molecule has 2 aromatic carbocycles. The number of nitrogens with one attached hydrogen (secondary N) is 2. The van der Waals surface area contributed by atoms with Gasteiger partial charge in [-0.1, -0.05) is 48.7 Å². The molecule has 5 nitrogen and oxygen atoms in total. The predicted octanol–water partition coefficient (Wildman–Crippen LogP) is 4.25. The summed E-state index contributed by atoms with van der Waals surface area (Å²) in [6, 6.07) is 11.0. The topological polar surface area (TPSA) is 75.3 Å². The van der Waals surface area contributed by atoms with E-state index in [1.165, 1.54) is 12.1 Å². The van der Waals surface area contributed by atoms with Gasteiger partial charge in [-0.3, -0.25) is 4.79 Å². The zero-order valence-corrected chi connectivity index (χ0v) is 16.6. The van der Waals surface area contributed by atoms with E-state index in [-0.39, 0.29) is 17.2 Å². The summed E-state index contributed by atoms with van der Waals surface area (Å²) in [5.41, 5.74) is 1.04. The van der Waals surface area contributed by atoms with Crippen molar-refractivity contribution in [3.8, 4) is 0 Å². The fourth-order valence-electron chi connectivity index (χ4n) is 2.25. The average molecular weight is 415 g/mol. The summed E-state index contributed by atoms with van der Waals surface area (Å²) < 4.78 is 27.1. The quantitative estimate of drug-likeness (QED) is 0.633. The van der Waals surface area contributed by atoms with Crippen LogP contribution in [0.15, 0.2) is 47.4 Å².